The van der Waals surface area contributed by atoms with Crippen molar-refractivity contribution in [3.63, 3.8) is 0 Å². The summed E-state index contributed by atoms with van der Waals surface area (Å²) in [5.41, 5.74) is 3.99. The lowest BCUT2D eigenvalue weighted by Crippen LogP contribution is -2.07. The molecule has 0 fully saturated rings. The summed E-state index contributed by atoms with van der Waals surface area (Å²) in [5, 5.41) is 0. The fraction of sp³-hybridized carbons (Fsp3) is 0.0556. The minimum Gasteiger partial charge on any atom is -0.485 e. The Labute approximate surface area is 118 Å². The second-order valence-corrected chi connectivity index (χ2v) is 4.52. The molecule has 1 heterocycles. The first kappa shape index (κ1) is 12.4. The van der Waals surface area contributed by atoms with E-state index in [0.717, 1.165) is 28.6 Å². The van der Waals surface area contributed by atoms with Crippen molar-refractivity contribution in [1.29, 1.82) is 0 Å². The summed E-state index contributed by atoms with van der Waals surface area (Å²) in [6, 6.07) is 19.9. The minimum absolute atomic E-state index is 0.401. The van der Waals surface area contributed by atoms with Gasteiger partial charge < -0.3 is 4.74 Å². The van der Waals surface area contributed by atoms with Crippen molar-refractivity contribution in [2.24, 2.45) is 0 Å². The maximum absolute atomic E-state index is 11.3. The summed E-state index contributed by atoms with van der Waals surface area (Å²) in [5.74, 6) is 0.401. The van der Waals surface area contributed by atoms with Crippen LogP contribution in [0.4, 0.5) is 0 Å². The van der Waals surface area contributed by atoms with Gasteiger partial charge in [0, 0.05) is 5.57 Å². The van der Waals surface area contributed by atoms with Gasteiger partial charge in [-0.3, -0.25) is 4.79 Å². The molecule has 0 saturated heterocycles. The van der Waals surface area contributed by atoms with E-state index in [-0.39, 0.29) is 0 Å². The molecule has 0 spiro atoms. The van der Waals surface area contributed by atoms with Gasteiger partial charge in [0.25, 0.3) is 0 Å². The number of rotatable bonds is 3. The zero-order valence-corrected chi connectivity index (χ0v) is 11.0. The summed E-state index contributed by atoms with van der Waals surface area (Å²) in [6.07, 6.45) is 2.81. The van der Waals surface area contributed by atoms with Gasteiger partial charge >= 0.3 is 0 Å². The molecule has 1 aliphatic rings. The predicted octanol–water partition coefficient (Wildman–Crippen LogP) is 3.71. The quantitative estimate of drug-likeness (QED) is 0.788. The molecule has 0 N–H and O–H groups in total. The molecule has 3 rings (SSSR count). The highest BCUT2D eigenvalue weighted by atomic mass is 16.5. The Hall–Kier alpha value is -2.61. The Morgan fingerprint density at radius 1 is 0.850 bits per heavy atom. The third kappa shape index (κ3) is 2.28. The number of carbonyl (C=O) groups excluding carboxylic acids is 1. The van der Waals surface area contributed by atoms with Crippen LogP contribution in [-0.4, -0.2) is 12.9 Å². The number of ether oxygens (including phenoxy) is 1. The lowest BCUT2D eigenvalue weighted by atomic mass is 9.90. The van der Waals surface area contributed by atoms with E-state index in [2.05, 4.69) is 0 Å². The normalized spacial score (nSPS) is 14.5. The molecule has 0 aliphatic carbocycles. The van der Waals surface area contributed by atoms with Crippen molar-refractivity contribution in [3.8, 4) is 0 Å². The molecule has 0 atom stereocenters. The topological polar surface area (TPSA) is 26.3 Å². The molecule has 0 saturated carbocycles. The number of hydrogen-bond acceptors (Lipinski definition) is 2. The Kier molecular flexibility index (Phi) is 3.46. The first-order valence-electron chi connectivity index (χ1n) is 6.54. The molecule has 0 aromatic heterocycles. The van der Waals surface area contributed by atoms with Gasteiger partial charge in [0.1, 0.15) is 6.61 Å². The summed E-state index contributed by atoms with van der Waals surface area (Å²) in [6.45, 7) is 0.425. The summed E-state index contributed by atoms with van der Waals surface area (Å²) < 4.78 is 5.48. The smallest absolute Gasteiger partial charge is 0.185 e. The molecular formula is C18H14O2. The monoisotopic (exact) mass is 262 g/mol. The van der Waals surface area contributed by atoms with Crippen LogP contribution in [0.2, 0.25) is 0 Å². The average molecular weight is 262 g/mol. The fourth-order valence-electron chi connectivity index (χ4n) is 2.40. The van der Waals surface area contributed by atoms with Gasteiger partial charge in [-0.05, 0) is 22.8 Å². The largest absolute Gasteiger partial charge is 0.485 e. The van der Waals surface area contributed by atoms with Gasteiger partial charge in [-0.15, -0.1) is 0 Å². The van der Waals surface area contributed by atoms with Crippen LogP contribution in [0.25, 0.3) is 11.1 Å². The third-order valence-electron chi connectivity index (χ3n) is 3.30. The molecule has 2 aromatic rings. The van der Waals surface area contributed by atoms with Crippen molar-refractivity contribution in [2.45, 2.75) is 0 Å². The van der Waals surface area contributed by atoms with E-state index >= 15 is 0 Å². The fourth-order valence-corrected chi connectivity index (χ4v) is 2.40. The van der Waals surface area contributed by atoms with Gasteiger partial charge in [0.05, 0.1) is 0 Å². The first-order valence-corrected chi connectivity index (χ1v) is 6.54. The standard InChI is InChI=1S/C18H14O2/c19-13-17-18(15-9-5-2-6-10-15)16(11-12-20-17)14-7-3-1-4-8-14/h1-11,13H,12H2. The number of allylic oxidation sites excluding steroid dienone is 3. The number of benzene rings is 2. The summed E-state index contributed by atoms with van der Waals surface area (Å²) in [4.78, 5) is 11.3. The third-order valence-corrected chi connectivity index (χ3v) is 3.30. The highest BCUT2D eigenvalue weighted by Gasteiger charge is 2.19. The lowest BCUT2D eigenvalue weighted by molar-refractivity contribution is -0.107. The van der Waals surface area contributed by atoms with Gasteiger partial charge in [0.15, 0.2) is 12.0 Å². The Morgan fingerprint density at radius 2 is 1.45 bits per heavy atom. The Balaban J connectivity index is 2.16. The van der Waals surface area contributed by atoms with Gasteiger partial charge in [-0.2, -0.15) is 0 Å². The molecular weight excluding hydrogens is 248 g/mol. The van der Waals surface area contributed by atoms with E-state index in [1.54, 1.807) is 0 Å². The molecule has 2 aromatic carbocycles. The average Bonchev–Trinajstić information content (AvgIpc) is 2.55. The van der Waals surface area contributed by atoms with E-state index in [0.29, 0.717) is 12.4 Å². The molecule has 0 amide bonds. The highest BCUT2D eigenvalue weighted by Crippen LogP contribution is 2.35. The second-order valence-electron chi connectivity index (χ2n) is 4.52. The molecule has 20 heavy (non-hydrogen) atoms. The van der Waals surface area contributed by atoms with Crippen LogP contribution in [0.1, 0.15) is 11.1 Å². The van der Waals surface area contributed by atoms with Crippen molar-refractivity contribution in [3.05, 3.63) is 83.6 Å². The number of aldehydes is 1. The van der Waals surface area contributed by atoms with Crippen LogP contribution in [-0.2, 0) is 9.53 Å². The molecule has 2 nitrogen and oxygen atoms in total. The van der Waals surface area contributed by atoms with Crippen LogP contribution in [0.5, 0.6) is 0 Å². The molecule has 0 unspecified atom stereocenters. The van der Waals surface area contributed by atoms with E-state index in [4.69, 9.17) is 4.74 Å². The lowest BCUT2D eigenvalue weighted by Gasteiger charge is -2.20. The van der Waals surface area contributed by atoms with Crippen molar-refractivity contribution in [2.75, 3.05) is 6.61 Å². The molecule has 0 bridgehead atoms. The van der Waals surface area contributed by atoms with Gasteiger partial charge in [0.2, 0.25) is 0 Å². The van der Waals surface area contributed by atoms with Gasteiger partial charge in [-0.1, -0.05) is 60.7 Å². The van der Waals surface area contributed by atoms with Crippen LogP contribution in [0, 0.1) is 0 Å². The SMILES string of the molecule is O=CC1=C(c2ccccc2)C(c2ccccc2)=CCO1. The zero-order valence-electron chi connectivity index (χ0n) is 11.0. The molecule has 1 aliphatic heterocycles. The minimum atomic E-state index is 0.401. The molecule has 2 heteroatoms. The van der Waals surface area contributed by atoms with Gasteiger partial charge in [-0.25, -0.2) is 0 Å². The maximum atomic E-state index is 11.3. The van der Waals surface area contributed by atoms with E-state index in [9.17, 15) is 4.79 Å². The van der Waals surface area contributed by atoms with Crippen LogP contribution >= 0.6 is 0 Å². The number of carbonyl (C=O) groups is 1. The zero-order chi connectivity index (χ0) is 13.8. The van der Waals surface area contributed by atoms with Crippen molar-refractivity contribution >= 4 is 17.4 Å². The number of hydrogen-bond donors (Lipinski definition) is 0. The van der Waals surface area contributed by atoms with E-state index in [1.807, 2.05) is 66.7 Å². The first-order chi connectivity index (χ1) is 9.90. The van der Waals surface area contributed by atoms with Crippen LogP contribution < -0.4 is 0 Å². The molecule has 98 valence electrons. The van der Waals surface area contributed by atoms with Crippen molar-refractivity contribution in [1.82, 2.24) is 0 Å². The Bertz CT molecular complexity index is 667. The maximum Gasteiger partial charge on any atom is 0.185 e. The highest BCUT2D eigenvalue weighted by molar-refractivity contribution is 6.10. The second kappa shape index (κ2) is 5.57. The van der Waals surface area contributed by atoms with Crippen LogP contribution in [0.15, 0.2) is 72.5 Å². The van der Waals surface area contributed by atoms with E-state index < -0.39 is 0 Å². The molecule has 0 radical (unpaired) electrons. The summed E-state index contributed by atoms with van der Waals surface area (Å²) >= 11 is 0. The summed E-state index contributed by atoms with van der Waals surface area (Å²) in [7, 11) is 0. The Morgan fingerprint density at radius 3 is 2.05 bits per heavy atom. The van der Waals surface area contributed by atoms with Crippen LogP contribution in [0.3, 0.4) is 0 Å². The van der Waals surface area contributed by atoms with Crippen molar-refractivity contribution < 1.29 is 9.53 Å². The predicted molar refractivity (Wildman–Crippen MR) is 79.8 cm³/mol. The van der Waals surface area contributed by atoms with E-state index in [1.165, 1.54) is 0 Å².